The van der Waals surface area contributed by atoms with Gasteiger partial charge in [0.15, 0.2) is 0 Å². The molecule has 0 aromatic rings. The zero-order valence-electron chi connectivity index (χ0n) is 8.42. The highest BCUT2D eigenvalue weighted by Crippen LogP contribution is 2.29. The maximum atomic E-state index is 11.6. The summed E-state index contributed by atoms with van der Waals surface area (Å²) in [4.78, 5) is 11.6. The fraction of sp³-hybridized carbons (Fsp3) is 0.889. The van der Waals surface area contributed by atoms with Gasteiger partial charge >= 0.3 is 5.97 Å². The Morgan fingerprint density at radius 3 is 2.31 bits per heavy atom. The van der Waals surface area contributed by atoms with Crippen molar-refractivity contribution < 1.29 is 14.3 Å². The smallest absolute Gasteiger partial charge is 0.318 e. The van der Waals surface area contributed by atoms with Crippen LogP contribution in [0.25, 0.3) is 0 Å². The molecule has 0 saturated carbocycles. The highest BCUT2D eigenvalue weighted by molar-refractivity contribution is 5.78. The number of rotatable bonds is 2. The Balaban J connectivity index is 2.56. The average molecular weight is 187 g/mol. The van der Waals surface area contributed by atoms with Gasteiger partial charge < -0.3 is 15.2 Å². The van der Waals surface area contributed by atoms with Crippen molar-refractivity contribution in [3.63, 3.8) is 0 Å². The van der Waals surface area contributed by atoms with Gasteiger partial charge in [-0.3, -0.25) is 4.79 Å². The van der Waals surface area contributed by atoms with E-state index < -0.39 is 11.0 Å². The van der Waals surface area contributed by atoms with Crippen LogP contribution in [0, 0.1) is 5.41 Å². The monoisotopic (exact) mass is 187 g/mol. The predicted molar refractivity (Wildman–Crippen MR) is 48.2 cm³/mol. The molecule has 1 saturated heterocycles. The Kier molecular flexibility index (Phi) is 2.63. The number of carbonyl (C=O) groups excluding carboxylic acids is 1. The van der Waals surface area contributed by atoms with Gasteiger partial charge in [-0.05, 0) is 20.8 Å². The number of nitrogens with two attached hydrogens (primary N) is 1. The molecule has 1 fully saturated rings. The highest BCUT2D eigenvalue weighted by atomic mass is 16.6. The number of hydrogen-bond acceptors (Lipinski definition) is 4. The van der Waals surface area contributed by atoms with Crippen LogP contribution in [0.1, 0.15) is 20.8 Å². The first-order chi connectivity index (χ1) is 5.90. The van der Waals surface area contributed by atoms with Gasteiger partial charge in [-0.15, -0.1) is 0 Å². The first-order valence-electron chi connectivity index (χ1n) is 4.41. The van der Waals surface area contributed by atoms with Crippen molar-refractivity contribution >= 4 is 5.97 Å². The molecule has 0 radical (unpaired) electrons. The van der Waals surface area contributed by atoms with Crippen molar-refractivity contribution in [1.29, 1.82) is 0 Å². The average Bonchev–Trinajstić information content (AvgIpc) is 1.80. The van der Waals surface area contributed by atoms with Crippen LogP contribution in [-0.4, -0.2) is 31.3 Å². The van der Waals surface area contributed by atoms with Crippen LogP contribution in [0.2, 0.25) is 0 Å². The summed E-state index contributed by atoms with van der Waals surface area (Å²) in [6.07, 6.45) is 0. The molecule has 2 N–H and O–H groups in total. The highest BCUT2D eigenvalue weighted by Gasteiger charge is 2.47. The van der Waals surface area contributed by atoms with Gasteiger partial charge in [0, 0.05) is 6.54 Å². The van der Waals surface area contributed by atoms with E-state index in [4.69, 9.17) is 15.2 Å². The molecule has 0 atom stereocenters. The molecule has 0 aromatic heterocycles. The molecule has 1 rings (SSSR count). The first kappa shape index (κ1) is 10.5. The van der Waals surface area contributed by atoms with Gasteiger partial charge in [0.05, 0.1) is 13.2 Å². The Morgan fingerprint density at radius 1 is 1.54 bits per heavy atom. The van der Waals surface area contributed by atoms with E-state index in [1.54, 1.807) is 0 Å². The van der Waals surface area contributed by atoms with Gasteiger partial charge in [-0.2, -0.15) is 0 Å². The fourth-order valence-electron chi connectivity index (χ4n) is 1.05. The molecule has 0 aromatic carbocycles. The number of ether oxygens (including phenoxy) is 2. The third kappa shape index (κ3) is 2.19. The molecule has 4 nitrogen and oxygen atoms in total. The second kappa shape index (κ2) is 3.27. The van der Waals surface area contributed by atoms with Crippen LogP contribution in [0.15, 0.2) is 0 Å². The van der Waals surface area contributed by atoms with Crippen molar-refractivity contribution in [2.45, 2.75) is 26.4 Å². The summed E-state index contributed by atoms with van der Waals surface area (Å²) in [6.45, 7) is 6.59. The quantitative estimate of drug-likeness (QED) is 0.632. The van der Waals surface area contributed by atoms with Crippen molar-refractivity contribution in [2.24, 2.45) is 11.1 Å². The maximum Gasteiger partial charge on any atom is 0.318 e. The molecule has 0 spiro atoms. The minimum Gasteiger partial charge on any atom is -0.459 e. The van der Waals surface area contributed by atoms with E-state index in [1.807, 2.05) is 20.8 Å². The largest absolute Gasteiger partial charge is 0.459 e. The van der Waals surface area contributed by atoms with Gasteiger partial charge in [-0.1, -0.05) is 0 Å². The Morgan fingerprint density at radius 2 is 2.08 bits per heavy atom. The normalized spacial score (nSPS) is 20.6. The fourth-order valence-corrected chi connectivity index (χ4v) is 1.05. The van der Waals surface area contributed by atoms with Crippen LogP contribution in [0.3, 0.4) is 0 Å². The zero-order valence-corrected chi connectivity index (χ0v) is 8.42. The predicted octanol–water partition coefficient (Wildman–Crippen LogP) is 0.303. The Bertz CT molecular complexity index is 198. The molecule has 4 heteroatoms. The minimum atomic E-state index is -0.576. The zero-order chi connectivity index (χ0) is 10.1. The third-order valence-corrected chi connectivity index (χ3v) is 1.98. The SMILES string of the molecule is CC(C)(C)OC(=O)C1(CN)COC1. The molecular formula is C9H17NO3. The molecule has 0 amide bonds. The molecule has 76 valence electrons. The molecule has 1 aliphatic rings. The van der Waals surface area contributed by atoms with E-state index in [-0.39, 0.29) is 5.97 Å². The lowest BCUT2D eigenvalue weighted by molar-refractivity contribution is -0.194. The van der Waals surface area contributed by atoms with Crippen LogP contribution in [-0.2, 0) is 14.3 Å². The molecule has 1 aliphatic heterocycles. The number of hydrogen-bond donors (Lipinski definition) is 1. The molecule has 0 unspecified atom stereocenters. The lowest BCUT2D eigenvalue weighted by Crippen LogP contribution is -2.55. The van der Waals surface area contributed by atoms with E-state index in [1.165, 1.54) is 0 Å². The summed E-state index contributed by atoms with van der Waals surface area (Å²) < 4.78 is 10.2. The molecular weight excluding hydrogens is 170 g/mol. The third-order valence-electron chi connectivity index (χ3n) is 1.98. The van der Waals surface area contributed by atoms with Crippen LogP contribution in [0.5, 0.6) is 0 Å². The van der Waals surface area contributed by atoms with E-state index >= 15 is 0 Å². The second-order valence-electron chi connectivity index (χ2n) is 4.48. The van der Waals surface area contributed by atoms with E-state index in [2.05, 4.69) is 0 Å². The summed E-state index contributed by atoms with van der Waals surface area (Å²) >= 11 is 0. The second-order valence-corrected chi connectivity index (χ2v) is 4.48. The van der Waals surface area contributed by atoms with E-state index in [9.17, 15) is 4.79 Å². The molecule has 13 heavy (non-hydrogen) atoms. The lowest BCUT2D eigenvalue weighted by atomic mass is 9.86. The summed E-state index contributed by atoms with van der Waals surface area (Å²) in [7, 11) is 0. The lowest BCUT2D eigenvalue weighted by Gasteiger charge is -2.39. The maximum absolute atomic E-state index is 11.6. The van der Waals surface area contributed by atoms with E-state index in [0.717, 1.165) is 0 Å². The van der Waals surface area contributed by atoms with Gasteiger partial charge in [0.25, 0.3) is 0 Å². The van der Waals surface area contributed by atoms with Gasteiger partial charge in [0.2, 0.25) is 0 Å². The standard InChI is InChI=1S/C9H17NO3/c1-8(2,3)13-7(11)9(4-10)5-12-6-9/h4-6,10H2,1-3H3. The Hall–Kier alpha value is -0.610. The summed E-state index contributed by atoms with van der Waals surface area (Å²) in [5, 5.41) is 0. The Labute approximate surface area is 78.4 Å². The topological polar surface area (TPSA) is 61.5 Å². The minimum absolute atomic E-state index is 0.242. The van der Waals surface area contributed by atoms with E-state index in [0.29, 0.717) is 19.8 Å². The number of carbonyl (C=O) groups is 1. The summed E-state index contributed by atoms with van der Waals surface area (Å²) in [5.41, 5.74) is 4.48. The van der Waals surface area contributed by atoms with Crippen molar-refractivity contribution in [2.75, 3.05) is 19.8 Å². The van der Waals surface area contributed by atoms with Gasteiger partial charge in [0.1, 0.15) is 11.0 Å². The van der Waals surface area contributed by atoms with Crippen LogP contribution >= 0.6 is 0 Å². The van der Waals surface area contributed by atoms with Crippen molar-refractivity contribution in [1.82, 2.24) is 0 Å². The summed E-state index contributed by atoms with van der Waals surface area (Å²) in [6, 6.07) is 0. The first-order valence-corrected chi connectivity index (χ1v) is 4.41. The molecule has 0 aliphatic carbocycles. The molecule has 0 bridgehead atoms. The van der Waals surface area contributed by atoms with Gasteiger partial charge in [-0.25, -0.2) is 0 Å². The van der Waals surface area contributed by atoms with Crippen molar-refractivity contribution in [3.8, 4) is 0 Å². The van der Waals surface area contributed by atoms with Crippen LogP contribution in [0.4, 0.5) is 0 Å². The van der Waals surface area contributed by atoms with Crippen molar-refractivity contribution in [3.05, 3.63) is 0 Å². The van der Waals surface area contributed by atoms with Crippen LogP contribution < -0.4 is 5.73 Å². The molecule has 1 heterocycles. The summed E-state index contributed by atoms with van der Waals surface area (Å²) in [5.74, 6) is -0.242. The number of esters is 1.